The number of hydrogen-bond acceptors (Lipinski definition) is 4. The van der Waals surface area contributed by atoms with E-state index in [0.717, 1.165) is 81.2 Å². The van der Waals surface area contributed by atoms with Gasteiger partial charge < -0.3 is 19.5 Å². The van der Waals surface area contributed by atoms with Gasteiger partial charge in [-0.05, 0) is 95.7 Å². The van der Waals surface area contributed by atoms with Gasteiger partial charge in [-0.2, -0.15) is 0 Å². The van der Waals surface area contributed by atoms with E-state index in [1.165, 1.54) is 34.2 Å². The number of nitrogens with one attached hydrogen (secondary N) is 1. The number of fused-ring (bicyclic) bond motifs is 2. The largest absolute Gasteiger partial charge is 0.456 e. The van der Waals surface area contributed by atoms with Crippen LogP contribution >= 0.6 is 0 Å². The highest BCUT2D eigenvalue weighted by Crippen LogP contribution is 2.41. The van der Waals surface area contributed by atoms with Crippen LogP contribution in [0.2, 0.25) is 0 Å². The van der Waals surface area contributed by atoms with Crippen molar-refractivity contribution in [3.05, 3.63) is 71.6 Å². The lowest BCUT2D eigenvalue weighted by molar-refractivity contribution is 0.298. The van der Waals surface area contributed by atoms with Crippen LogP contribution < -0.4 is 20.1 Å². The van der Waals surface area contributed by atoms with Gasteiger partial charge in [0.05, 0.1) is 6.07 Å². The molecule has 0 atom stereocenters. The summed E-state index contributed by atoms with van der Waals surface area (Å²) < 4.78 is 9.03. The molecule has 0 spiro atoms. The normalized spacial score (nSPS) is 11.6. The Kier molecular flexibility index (Phi) is 10.8. The Labute approximate surface area is 241 Å². The maximum absolute atomic E-state index is 6.66. The minimum absolute atomic E-state index is 0.872. The van der Waals surface area contributed by atoms with Crippen molar-refractivity contribution < 1.29 is 4.42 Å². The van der Waals surface area contributed by atoms with Gasteiger partial charge in [-0.25, -0.2) is 4.58 Å². The van der Waals surface area contributed by atoms with Gasteiger partial charge >= 0.3 is 0 Å². The number of rotatable bonds is 14. The van der Waals surface area contributed by atoms with Crippen LogP contribution in [0.3, 0.4) is 0 Å². The summed E-state index contributed by atoms with van der Waals surface area (Å²) >= 11 is 0. The lowest BCUT2D eigenvalue weighted by Gasteiger charge is -2.22. The Hall–Kier alpha value is -3.15. The van der Waals surface area contributed by atoms with Gasteiger partial charge in [0.2, 0.25) is 5.36 Å². The van der Waals surface area contributed by atoms with Crippen molar-refractivity contribution in [3.63, 3.8) is 0 Å². The molecule has 0 radical (unpaired) electrons. The van der Waals surface area contributed by atoms with Crippen molar-refractivity contribution in [1.29, 1.82) is 0 Å². The smallest absolute Gasteiger partial charge is 0.203 e. The Bertz CT molecular complexity index is 1410. The molecule has 0 aromatic heterocycles. The molecule has 5 nitrogen and oxygen atoms in total. The minimum atomic E-state index is 0.872. The summed E-state index contributed by atoms with van der Waals surface area (Å²) in [5.41, 5.74) is 7.08. The van der Waals surface area contributed by atoms with E-state index in [1.807, 2.05) is 0 Å². The Balaban J connectivity index is 1.76. The van der Waals surface area contributed by atoms with E-state index in [1.54, 1.807) is 0 Å². The molecule has 0 amide bonds. The van der Waals surface area contributed by atoms with Crippen LogP contribution in [-0.4, -0.2) is 57.3 Å². The molecule has 1 heterocycles. The maximum atomic E-state index is 6.66. The molecule has 214 valence electrons. The zero-order chi connectivity index (χ0) is 28.5. The van der Waals surface area contributed by atoms with E-state index in [4.69, 9.17) is 4.42 Å². The van der Waals surface area contributed by atoms with Gasteiger partial charge in [0.1, 0.15) is 24.4 Å². The average Bonchev–Trinajstić information content (AvgIpc) is 2.99. The predicted molar refractivity (Wildman–Crippen MR) is 172 cm³/mol. The van der Waals surface area contributed by atoms with Crippen LogP contribution in [0.15, 0.2) is 65.1 Å². The van der Waals surface area contributed by atoms with Crippen LogP contribution in [0, 0.1) is 0 Å². The highest BCUT2D eigenvalue weighted by molar-refractivity contribution is 6.02. The number of nitrogens with zero attached hydrogens (tertiary/aromatic N) is 3. The maximum Gasteiger partial charge on any atom is 0.203 e. The van der Waals surface area contributed by atoms with Gasteiger partial charge in [0.25, 0.3) is 0 Å². The Morgan fingerprint density at radius 3 is 2.27 bits per heavy atom. The third-order valence-corrected chi connectivity index (χ3v) is 8.21. The fourth-order valence-corrected chi connectivity index (χ4v) is 5.79. The summed E-state index contributed by atoms with van der Waals surface area (Å²) in [4.78, 5) is 4.86. The fraction of sp³-hybridized carbons (Fsp3) is 0.457. The number of anilines is 1. The standard InChI is InChI=1S/C35H49N4O/c1-7-37(8-2)22-14-21-36-26-27-15-13-16-28(23-27)35-31-19-17-29(38(9-3)10-4)24-33(31)40-34-25-30(18-20-32(34)35)39(11-5)12-6/h13,15-20,23-25,36H,7-12,14,21-22,26H2,1-6H3/q+1. The molecule has 0 saturated heterocycles. The SMILES string of the molecule is CCN(CC)CCCNCc1cccc(-c2c3ccc(=[N+](CC)CC)cc-3oc3cc(N(CC)CC)ccc23)c1. The molecule has 4 rings (SSSR count). The van der Waals surface area contributed by atoms with Crippen LogP contribution in [0.25, 0.3) is 33.4 Å². The van der Waals surface area contributed by atoms with E-state index in [2.05, 4.69) is 122 Å². The van der Waals surface area contributed by atoms with Gasteiger partial charge in [-0.15, -0.1) is 0 Å². The summed E-state index contributed by atoms with van der Waals surface area (Å²) in [7, 11) is 0. The lowest BCUT2D eigenvalue weighted by Crippen LogP contribution is -2.29. The second-order valence-electron chi connectivity index (χ2n) is 10.4. The van der Waals surface area contributed by atoms with Gasteiger partial charge in [-0.3, -0.25) is 0 Å². The van der Waals surface area contributed by atoms with Gasteiger partial charge in [0.15, 0.2) is 0 Å². The summed E-state index contributed by atoms with van der Waals surface area (Å²) in [6.07, 6.45) is 1.17. The molecule has 0 saturated carbocycles. The van der Waals surface area contributed by atoms with Crippen molar-refractivity contribution in [3.8, 4) is 22.5 Å². The summed E-state index contributed by atoms with van der Waals surface area (Å²) in [6.45, 7) is 22.5. The zero-order valence-corrected chi connectivity index (χ0v) is 25.6. The second-order valence-corrected chi connectivity index (χ2v) is 10.4. The molecular weight excluding hydrogens is 492 g/mol. The number of hydrogen-bond donors (Lipinski definition) is 1. The molecule has 2 aliphatic rings. The molecule has 1 aliphatic carbocycles. The first-order valence-corrected chi connectivity index (χ1v) is 15.4. The summed E-state index contributed by atoms with van der Waals surface area (Å²) in [6, 6.07) is 22.4. The average molecular weight is 542 g/mol. The number of benzene rings is 3. The molecule has 1 N–H and O–H groups in total. The lowest BCUT2D eigenvalue weighted by atomic mass is 9.92. The van der Waals surface area contributed by atoms with E-state index in [9.17, 15) is 0 Å². The van der Waals surface area contributed by atoms with Crippen LogP contribution in [0.5, 0.6) is 0 Å². The molecule has 0 fully saturated rings. The first kappa shape index (κ1) is 29.8. The Morgan fingerprint density at radius 1 is 0.800 bits per heavy atom. The summed E-state index contributed by atoms with van der Waals surface area (Å²) in [5, 5.41) is 6.03. The predicted octanol–water partition coefficient (Wildman–Crippen LogP) is 6.68. The zero-order valence-electron chi connectivity index (χ0n) is 25.6. The third-order valence-electron chi connectivity index (χ3n) is 8.21. The first-order chi connectivity index (χ1) is 19.6. The molecule has 0 bridgehead atoms. The van der Waals surface area contributed by atoms with Crippen molar-refractivity contribution in [2.75, 3.05) is 57.3 Å². The monoisotopic (exact) mass is 541 g/mol. The second kappa shape index (κ2) is 14.5. The van der Waals surface area contributed by atoms with Gasteiger partial charge in [0, 0.05) is 54.0 Å². The first-order valence-electron chi connectivity index (χ1n) is 15.4. The van der Waals surface area contributed by atoms with Crippen molar-refractivity contribution in [2.24, 2.45) is 0 Å². The quantitative estimate of drug-likeness (QED) is 0.110. The van der Waals surface area contributed by atoms with Crippen LogP contribution in [0.4, 0.5) is 5.69 Å². The van der Waals surface area contributed by atoms with E-state index >= 15 is 0 Å². The molecule has 2 aromatic rings. The van der Waals surface area contributed by atoms with E-state index in [0.29, 0.717) is 0 Å². The molecule has 2 aromatic carbocycles. The topological polar surface area (TPSA) is 34.7 Å². The third kappa shape index (κ3) is 6.76. The molecule has 40 heavy (non-hydrogen) atoms. The fourth-order valence-electron chi connectivity index (χ4n) is 5.79. The molecule has 1 aliphatic heterocycles. The highest BCUT2D eigenvalue weighted by Gasteiger charge is 2.19. The van der Waals surface area contributed by atoms with E-state index < -0.39 is 0 Å². The minimum Gasteiger partial charge on any atom is -0.456 e. The van der Waals surface area contributed by atoms with Crippen molar-refractivity contribution >= 4 is 16.7 Å². The van der Waals surface area contributed by atoms with E-state index in [-0.39, 0.29) is 0 Å². The summed E-state index contributed by atoms with van der Waals surface area (Å²) in [5.74, 6) is 0.934. The molecule has 0 unspecified atom stereocenters. The Morgan fingerprint density at radius 2 is 1.57 bits per heavy atom. The molecule has 5 heteroatoms. The molecular formula is C35H49N4O+. The van der Waals surface area contributed by atoms with Crippen molar-refractivity contribution in [1.82, 2.24) is 14.8 Å². The van der Waals surface area contributed by atoms with Crippen LogP contribution in [0.1, 0.15) is 53.5 Å². The highest BCUT2D eigenvalue weighted by atomic mass is 16.3. The van der Waals surface area contributed by atoms with Gasteiger partial charge in [-0.1, -0.05) is 32.0 Å². The van der Waals surface area contributed by atoms with Crippen LogP contribution in [-0.2, 0) is 6.54 Å². The van der Waals surface area contributed by atoms with Crippen molar-refractivity contribution in [2.45, 2.75) is 54.5 Å².